The SMILES string of the molecule is CC1(C)c2cc(N(c3ccc(-c4ccccc4)cc3)c3ccc(-c4ccccc4)cc3)ccc2-c2ccc(-n3c4ccccc4c4ccccc43)cc21.[C-]#[N+]c1nc2c3nc(C#N)c(C#N)nc3c3nc(C#N)c(C#N)nc3c2nc1[N+]#[C-].c1ccc(-c2ccc(-c3ccc(N(c4ccccc4)c4ccc(-c5ccc(N(c6ccc(-c7ccccc7)cc6)c6ccc(-c7ccccc7)cc6)cc5)cc4)cc3)cc2)cc1. The van der Waals surface area contributed by atoms with Crippen LogP contribution >= 0.6 is 0 Å². The summed E-state index contributed by atoms with van der Waals surface area (Å²) < 4.78 is 2.43. The van der Waals surface area contributed by atoms with Gasteiger partial charge >= 0.3 is 0 Å². The molecule has 0 unspecified atom stereocenters. The predicted octanol–water partition coefficient (Wildman–Crippen LogP) is 33.0. The number of hydrogen-bond donors (Lipinski definition) is 0. The first-order valence-electron chi connectivity index (χ1n) is 47.3. The number of benzene rings is 19. The Labute approximate surface area is 838 Å². The summed E-state index contributed by atoms with van der Waals surface area (Å²) in [5, 5.41) is 39.7. The van der Waals surface area contributed by atoms with E-state index in [0.29, 0.717) is 0 Å². The third kappa shape index (κ3) is 17.4. The van der Waals surface area contributed by atoms with Crippen molar-refractivity contribution in [1.82, 2.24) is 34.5 Å². The van der Waals surface area contributed by atoms with E-state index in [-0.39, 0.29) is 72.9 Å². The Morgan fingerprint density at radius 2 is 0.434 bits per heavy atom. The Kier molecular flexibility index (Phi) is 24.1. The van der Waals surface area contributed by atoms with Gasteiger partial charge in [-0.1, -0.05) is 355 Å². The van der Waals surface area contributed by atoms with Crippen LogP contribution in [-0.4, -0.2) is 34.5 Å². The fourth-order valence-electron chi connectivity index (χ4n) is 19.5. The Morgan fingerprint density at radius 3 is 0.703 bits per heavy atom. The molecule has 24 rings (SSSR count). The second-order valence-corrected chi connectivity index (χ2v) is 35.5. The van der Waals surface area contributed by atoms with Crippen molar-refractivity contribution in [2.45, 2.75) is 19.3 Å². The zero-order valence-corrected chi connectivity index (χ0v) is 78.5. The van der Waals surface area contributed by atoms with Crippen LogP contribution < -0.4 is 14.7 Å². The largest absolute Gasteiger partial charge is 0.370 e. The van der Waals surface area contributed by atoms with Gasteiger partial charge in [0.1, 0.15) is 46.3 Å². The second-order valence-electron chi connectivity index (χ2n) is 35.5. The van der Waals surface area contributed by atoms with E-state index in [1.165, 1.54) is 117 Å². The summed E-state index contributed by atoms with van der Waals surface area (Å²) in [6, 6.07) is 173. The van der Waals surface area contributed by atoms with Crippen molar-refractivity contribution in [3.63, 3.8) is 0 Å². The molecule has 0 aliphatic heterocycles. The minimum atomic E-state index is -0.301. The van der Waals surface area contributed by atoms with Gasteiger partial charge in [-0.3, -0.25) is 0 Å². The van der Waals surface area contributed by atoms with Crippen LogP contribution in [0, 0.1) is 58.5 Å². The molecule has 0 atom stereocenters. The van der Waals surface area contributed by atoms with Gasteiger partial charge in [0.15, 0.2) is 22.8 Å². The first-order chi connectivity index (χ1) is 71.4. The molecule has 678 valence electrons. The normalized spacial score (nSPS) is 11.4. The summed E-state index contributed by atoms with van der Waals surface area (Å²) in [5.41, 5.74) is 34.4. The van der Waals surface area contributed by atoms with Crippen molar-refractivity contribution in [2.24, 2.45) is 0 Å². The Morgan fingerprint density at radius 1 is 0.228 bits per heavy atom. The molecule has 1 aliphatic rings. The number of nitrogens with zero attached hydrogens (tertiary/aromatic N) is 16. The molecular formula is C129H82N16. The molecule has 0 radical (unpaired) electrons. The highest BCUT2D eigenvalue weighted by Gasteiger charge is 2.37. The highest BCUT2D eigenvalue weighted by atomic mass is 15.2. The molecule has 0 fully saturated rings. The third-order valence-electron chi connectivity index (χ3n) is 26.7. The number of rotatable bonds is 17. The fraction of sp³-hybridized carbons (Fsp3) is 0.0233. The molecule has 0 saturated carbocycles. The number of para-hydroxylation sites is 3. The average Bonchev–Trinajstić information content (AvgIpc) is 1.68. The molecule has 16 nitrogen and oxygen atoms in total. The minimum Gasteiger partial charge on any atom is -0.370 e. The van der Waals surface area contributed by atoms with E-state index >= 15 is 0 Å². The monoisotopic (exact) mass is 1850 g/mol. The average molecular weight is 1860 g/mol. The predicted molar refractivity (Wildman–Crippen MR) is 584 cm³/mol. The van der Waals surface area contributed by atoms with Crippen molar-refractivity contribution in [2.75, 3.05) is 14.7 Å². The van der Waals surface area contributed by atoms with Gasteiger partial charge in [-0.25, -0.2) is 19.9 Å². The number of anilines is 9. The van der Waals surface area contributed by atoms with Crippen LogP contribution in [0.1, 0.15) is 47.8 Å². The van der Waals surface area contributed by atoms with Gasteiger partial charge in [0.25, 0.3) is 11.6 Å². The van der Waals surface area contributed by atoms with E-state index in [1.807, 2.05) is 0 Å². The van der Waals surface area contributed by atoms with Gasteiger partial charge in [-0.05, 0) is 234 Å². The van der Waals surface area contributed by atoms with Crippen LogP contribution in [0.3, 0.4) is 0 Å². The molecule has 16 heteroatoms. The lowest BCUT2D eigenvalue weighted by Gasteiger charge is -2.28. The summed E-state index contributed by atoms with van der Waals surface area (Å²) in [6.45, 7) is 19.2. The maximum atomic E-state index is 9.29. The lowest BCUT2D eigenvalue weighted by molar-refractivity contribution is 0.660. The molecule has 23 aromatic rings. The van der Waals surface area contributed by atoms with Crippen LogP contribution in [0.15, 0.2) is 461 Å². The molecular weight excluding hydrogens is 1770 g/mol. The molecule has 145 heavy (non-hydrogen) atoms. The maximum Gasteiger partial charge on any atom is 0.294 e. The van der Waals surface area contributed by atoms with Crippen molar-refractivity contribution < 1.29 is 0 Å². The van der Waals surface area contributed by atoms with Gasteiger partial charge in [-0.15, -0.1) is 9.97 Å². The first-order valence-corrected chi connectivity index (χ1v) is 47.3. The highest BCUT2D eigenvalue weighted by molar-refractivity contribution is 6.19. The smallest absolute Gasteiger partial charge is 0.294 e. The van der Waals surface area contributed by atoms with Gasteiger partial charge in [0, 0.05) is 73.1 Å². The highest BCUT2D eigenvalue weighted by Crippen LogP contribution is 2.53. The standard InChI is InChI=1S/C60H44N2.C51H38N2.C18N12/c1-5-13-45(14-6-1)48-21-23-49(24-22-48)52-29-39-56(40-30-52)61(55-19-11-4-12-20-55)57-41-31-53(32-42-57)54-33-43-60(44-34-54)62(58-35-25-50(26-36-58)46-15-7-2-8-16-46)59-37-27-51(28-38-59)47-17-9-3-10-18-47;1-51(2)47-33-41(29-31-43(47)44-32-30-42(34-48(44)51)53-49-19-11-9-17-45(49)46-18-10-12-20-50(46)53)52(39-25-21-37(22-26-39)35-13-5-3-6-14-35)40-27-23-38(24-28-40)36-15-7-4-8-16-36;1-23-17-18(24-2)30-16-14-12(26-8(4-20)10(6-22)28-14)11-13(15(16)29-17)27-9(5-21)7(3-19)25-11/h1-44H;3-34H,1-2H3;. The first kappa shape index (κ1) is 89.5. The van der Waals surface area contributed by atoms with Gasteiger partial charge in [-0.2, -0.15) is 21.0 Å². The molecule has 4 aromatic heterocycles. The summed E-state index contributed by atoms with van der Waals surface area (Å²) >= 11 is 0. The van der Waals surface area contributed by atoms with E-state index in [4.69, 9.17) is 13.1 Å². The van der Waals surface area contributed by atoms with Crippen LogP contribution in [0.25, 0.3) is 159 Å². The van der Waals surface area contributed by atoms with Gasteiger partial charge < -0.3 is 29.0 Å². The van der Waals surface area contributed by atoms with E-state index in [0.717, 1.165) is 62.3 Å². The summed E-state index contributed by atoms with van der Waals surface area (Å²) in [6.07, 6.45) is 0. The lowest BCUT2D eigenvalue weighted by Crippen LogP contribution is -2.17. The molecule has 0 amide bonds. The van der Waals surface area contributed by atoms with E-state index in [1.54, 1.807) is 24.3 Å². The van der Waals surface area contributed by atoms with Crippen molar-refractivity contribution in [1.29, 1.82) is 21.0 Å². The number of nitriles is 4. The number of aromatic nitrogens is 7. The quantitative estimate of drug-likeness (QED) is 0.0617. The van der Waals surface area contributed by atoms with Crippen LogP contribution in [0.2, 0.25) is 0 Å². The van der Waals surface area contributed by atoms with Crippen LogP contribution in [0.4, 0.5) is 62.8 Å². The molecule has 19 aromatic carbocycles. The van der Waals surface area contributed by atoms with Gasteiger partial charge in [0.05, 0.1) is 11.0 Å². The second kappa shape index (κ2) is 39.1. The molecule has 0 bridgehead atoms. The molecule has 0 N–H and O–H groups in total. The van der Waals surface area contributed by atoms with E-state index in [9.17, 15) is 21.0 Å². The molecule has 4 heterocycles. The topological polar surface area (TPSA) is 196 Å². The zero-order valence-electron chi connectivity index (χ0n) is 78.5. The Bertz CT molecular complexity index is 8550. The zero-order chi connectivity index (χ0) is 98.4. The summed E-state index contributed by atoms with van der Waals surface area (Å²) in [7, 11) is 0. The third-order valence-corrected chi connectivity index (χ3v) is 26.7. The molecule has 1 aliphatic carbocycles. The molecule has 0 saturated heterocycles. The van der Waals surface area contributed by atoms with E-state index < -0.39 is 0 Å². The summed E-state index contributed by atoms with van der Waals surface area (Å²) in [5.74, 6) is -0.602. The fourth-order valence-corrected chi connectivity index (χ4v) is 19.5. The number of fused-ring (bicyclic) bond motifs is 12. The van der Waals surface area contributed by atoms with Gasteiger partial charge in [0.2, 0.25) is 11.0 Å². The maximum absolute atomic E-state index is 9.29. The minimum absolute atomic E-state index is 0.00714. The summed E-state index contributed by atoms with van der Waals surface area (Å²) in [4.78, 5) is 38.2. The van der Waals surface area contributed by atoms with Crippen LogP contribution in [0.5, 0.6) is 0 Å². The number of hydrogen-bond acceptors (Lipinski definition) is 13. The van der Waals surface area contributed by atoms with E-state index in [2.05, 4.69) is 534 Å². The molecule has 0 spiro atoms. The van der Waals surface area contributed by atoms with Crippen LogP contribution in [-0.2, 0) is 5.41 Å². The Hall–Kier alpha value is -20.7. The van der Waals surface area contributed by atoms with Crippen molar-refractivity contribution in [3.8, 4) is 119 Å². The Balaban J connectivity index is 0.000000131. The lowest BCUT2D eigenvalue weighted by atomic mass is 9.82. The van der Waals surface area contributed by atoms with Crippen molar-refractivity contribution >= 4 is 118 Å². The van der Waals surface area contributed by atoms with Crippen molar-refractivity contribution in [3.05, 3.63) is 518 Å².